The molecule has 0 N–H and O–H groups in total. The third kappa shape index (κ3) is 5.03. The van der Waals surface area contributed by atoms with Gasteiger partial charge < -0.3 is 14.5 Å². The second-order valence-corrected chi connectivity index (χ2v) is 9.73. The summed E-state index contributed by atoms with van der Waals surface area (Å²) in [5, 5.41) is 4.72. The van der Waals surface area contributed by atoms with Gasteiger partial charge in [0.2, 0.25) is 11.8 Å². The van der Waals surface area contributed by atoms with E-state index in [9.17, 15) is 14.4 Å². The van der Waals surface area contributed by atoms with E-state index >= 15 is 0 Å². The molecule has 0 saturated carbocycles. The fraction of sp³-hybridized carbons (Fsp3) is 0.429. The Morgan fingerprint density at radius 3 is 2.38 bits per heavy atom. The molecule has 1 aromatic heterocycles. The van der Waals surface area contributed by atoms with Gasteiger partial charge in [-0.05, 0) is 49.6 Å². The van der Waals surface area contributed by atoms with Gasteiger partial charge in [0.25, 0.3) is 0 Å². The first kappa shape index (κ1) is 24.8. The van der Waals surface area contributed by atoms with E-state index in [1.165, 1.54) is 0 Å². The van der Waals surface area contributed by atoms with Crippen LogP contribution in [-0.2, 0) is 22.7 Å². The van der Waals surface area contributed by atoms with Crippen LogP contribution in [0.25, 0.3) is 0 Å². The minimum atomic E-state index is -0.343. The zero-order valence-corrected chi connectivity index (χ0v) is 21.4. The monoisotopic (exact) mass is 503 g/mol. The van der Waals surface area contributed by atoms with Crippen LogP contribution in [0.2, 0.25) is 0 Å². The Balaban J connectivity index is 1.22. The average molecular weight is 504 g/mol. The molecule has 9 heteroatoms. The second kappa shape index (κ2) is 10.6. The van der Waals surface area contributed by atoms with Crippen molar-refractivity contribution in [3.63, 3.8) is 0 Å². The lowest BCUT2D eigenvalue weighted by molar-refractivity contribution is -0.136. The Kier molecular flexibility index (Phi) is 7.12. The average Bonchev–Trinajstić information content (AvgIpc) is 3.48. The number of aromatic nitrogens is 3. The van der Waals surface area contributed by atoms with E-state index in [0.717, 1.165) is 35.7 Å². The maximum absolute atomic E-state index is 13.3. The first-order valence-electron chi connectivity index (χ1n) is 12.9. The number of carbonyl (C=O) groups excluding carboxylic acids is 2. The highest BCUT2D eigenvalue weighted by Gasteiger charge is 2.38. The Morgan fingerprint density at radius 1 is 1.03 bits per heavy atom. The van der Waals surface area contributed by atoms with Gasteiger partial charge in [0.1, 0.15) is 11.6 Å². The van der Waals surface area contributed by atoms with Crippen molar-refractivity contribution in [1.82, 2.24) is 19.2 Å². The molecule has 5 rings (SSSR count). The molecule has 2 aliphatic heterocycles. The highest BCUT2D eigenvalue weighted by Crippen LogP contribution is 2.31. The summed E-state index contributed by atoms with van der Waals surface area (Å²) in [7, 11) is 1.60. The van der Waals surface area contributed by atoms with Gasteiger partial charge in [-0.25, -0.2) is 9.48 Å². The summed E-state index contributed by atoms with van der Waals surface area (Å²) < 4.78 is 8.50. The molecule has 3 aromatic rings. The number of ether oxygens (including phenoxy) is 1. The predicted octanol–water partition coefficient (Wildman–Crippen LogP) is 2.88. The van der Waals surface area contributed by atoms with Gasteiger partial charge in [-0.15, -0.1) is 0 Å². The van der Waals surface area contributed by atoms with E-state index in [0.29, 0.717) is 32.7 Å². The quantitative estimate of drug-likeness (QED) is 0.495. The molecule has 1 atom stereocenters. The predicted molar refractivity (Wildman–Crippen MR) is 140 cm³/mol. The van der Waals surface area contributed by atoms with Gasteiger partial charge in [0, 0.05) is 44.2 Å². The van der Waals surface area contributed by atoms with Crippen molar-refractivity contribution in [2.45, 2.75) is 45.2 Å². The van der Waals surface area contributed by atoms with Gasteiger partial charge >= 0.3 is 5.69 Å². The van der Waals surface area contributed by atoms with Crippen molar-refractivity contribution in [2.24, 2.45) is 5.92 Å². The zero-order chi connectivity index (χ0) is 25.9. The third-order valence-corrected chi connectivity index (χ3v) is 7.47. The van der Waals surface area contributed by atoms with E-state index in [1.807, 2.05) is 66.4 Å². The molecular formula is C28H33N5O4. The smallest absolute Gasteiger partial charge is 0.346 e. The highest BCUT2D eigenvalue weighted by atomic mass is 16.5. The lowest BCUT2D eigenvalue weighted by atomic mass is 9.94. The van der Waals surface area contributed by atoms with Gasteiger partial charge in [0.15, 0.2) is 0 Å². The normalized spacial score (nSPS) is 18.4. The van der Waals surface area contributed by atoms with Crippen LogP contribution in [0, 0.1) is 5.92 Å². The van der Waals surface area contributed by atoms with E-state index in [4.69, 9.17) is 9.84 Å². The number of piperidine rings is 1. The molecule has 2 saturated heterocycles. The second-order valence-electron chi connectivity index (χ2n) is 9.73. The van der Waals surface area contributed by atoms with Crippen LogP contribution in [0.4, 0.5) is 5.69 Å². The molecule has 0 aliphatic carbocycles. The number of hydrogen-bond donors (Lipinski definition) is 0. The standard InChI is InChI=1S/C28H33N5O4/c1-3-31-26(29-33(28(31)36)18-20-7-5-4-6-8-20)21-13-15-30(16-14-21)27(35)22-17-25(34)32(19-22)23-9-11-24(37-2)12-10-23/h4-12,21-22H,3,13-19H2,1-2H3. The van der Waals surface area contributed by atoms with Crippen molar-refractivity contribution >= 4 is 17.5 Å². The topological polar surface area (TPSA) is 89.7 Å². The van der Waals surface area contributed by atoms with Crippen LogP contribution in [0.5, 0.6) is 5.75 Å². The van der Waals surface area contributed by atoms with Crippen molar-refractivity contribution in [3.8, 4) is 5.75 Å². The van der Waals surface area contributed by atoms with Gasteiger partial charge in [-0.2, -0.15) is 5.10 Å². The number of likely N-dealkylation sites (tertiary alicyclic amines) is 1. The van der Waals surface area contributed by atoms with Crippen LogP contribution < -0.4 is 15.3 Å². The molecule has 2 amide bonds. The number of carbonyl (C=O) groups is 2. The molecule has 2 aliphatic rings. The summed E-state index contributed by atoms with van der Waals surface area (Å²) in [5.74, 6) is 1.31. The Bertz CT molecular complexity index is 1310. The summed E-state index contributed by atoms with van der Waals surface area (Å²) in [6, 6.07) is 17.2. The number of hydrogen-bond acceptors (Lipinski definition) is 5. The largest absolute Gasteiger partial charge is 0.497 e. The van der Waals surface area contributed by atoms with Crippen molar-refractivity contribution in [2.75, 3.05) is 31.6 Å². The fourth-order valence-corrected chi connectivity index (χ4v) is 5.42. The minimum Gasteiger partial charge on any atom is -0.497 e. The fourth-order valence-electron chi connectivity index (χ4n) is 5.42. The van der Waals surface area contributed by atoms with Gasteiger partial charge in [-0.1, -0.05) is 30.3 Å². The molecule has 1 unspecified atom stereocenters. The summed E-state index contributed by atoms with van der Waals surface area (Å²) in [5.41, 5.74) is 1.72. The van der Waals surface area contributed by atoms with Crippen molar-refractivity contribution in [3.05, 3.63) is 76.5 Å². The maximum atomic E-state index is 13.3. The van der Waals surface area contributed by atoms with Gasteiger partial charge in [-0.3, -0.25) is 14.2 Å². The molecule has 2 aromatic carbocycles. The number of anilines is 1. The molecule has 3 heterocycles. The molecular weight excluding hydrogens is 470 g/mol. The van der Waals surface area contributed by atoms with E-state index in [2.05, 4.69) is 0 Å². The third-order valence-electron chi connectivity index (χ3n) is 7.47. The molecule has 0 spiro atoms. The van der Waals surface area contributed by atoms with Gasteiger partial charge in [0.05, 0.1) is 19.6 Å². The van der Waals surface area contributed by atoms with E-state index < -0.39 is 0 Å². The van der Waals surface area contributed by atoms with E-state index in [1.54, 1.807) is 21.3 Å². The first-order chi connectivity index (χ1) is 18.0. The van der Waals surface area contributed by atoms with Crippen molar-refractivity contribution < 1.29 is 14.3 Å². The van der Waals surface area contributed by atoms with Crippen LogP contribution in [0.15, 0.2) is 59.4 Å². The Morgan fingerprint density at radius 2 is 1.73 bits per heavy atom. The highest BCUT2D eigenvalue weighted by molar-refractivity contribution is 6.00. The lowest BCUT2D eigenvalue weighted by Gasteiger charge is -2.33. The minimum absolute atomic E-state index is 0.0327. The summed E-state index contributed by atoms with van der Waals surface area (Å²) >= 11 is 0. The molecule has 0 bridgehead atoms. The molecule has 0 radical (unpaired) electrons. The number of amides is 2. The SMILES string of the molecule is CCn1c(C2CCN(C(=O)C3CC(=O)N(c4ccc(OC)cc4)C3)CC2)nn(Cc2ccccc2)c1=O. The lowest BCUT2D eigenvalue weighted by Crippen LogP contribution is -2.42. The molecule has 194 valence electrons. The number of benzene rings is 2. The number of nitrogens with zero attached hydrogens (tertiary/aromatic N) is 5. The number of methoxy groups -OCH3 is 1. The molecule has 2 fully saturated rings. The van der Waals surface area contributed by atoms with Crippen LogP contribution in [0.1, 0.15) is 43.5 Å². The maximum Gasteiger partial charge on any atom is 0.346 e. The van der Waals surface area contributed by atoms with E-state index in [-0.39, 0.29) is 35.8 Å². The Labute approximate surface area is 216 Å². The van der Waals surface area contributed by atoms with Crippen LogP contribution in [0.3, 0.4) is 0 Å². The first-order valence-corrected chi connectivity index (χ1v) is 12.9. The zero-order valence-electron chi connectivity index (χ0n) is 21.4. The Hall–Kier alpha value is -3.88. The van der Waals surface area contributed by atoms with Crippen molar-refractivity contribution in [1.29, 1.82) is 0 Å². The summed E-state index contributed by atoms with van der Waals surface area (Å²) in [4.78, 5) is 42.5. The van der Waals surface area contributed by atoms with Crippen LogP contribution in [-0.4, -0.2) is 57.8 Å². The summed E-state index contributed by atoms with van der Waals surface area (Å²) in [6.07, 6.45) is 1.72. The van der Waals surface area contributed by atoms with Crippen LogP contribution >= 0.6 is 0 Å². The molecule has 37 heavy (non-hydrogen) atoms. The molecule has 9 nitrogen and oxygen atoms in total. The summed E-state index contributed by atoms with van der Waals surface area (Å²) in [6.45, 7) is 4.55. The number of rotatable bonds is 7.